The largest absolute Gasteiger partial charge is 0.349 e. The second-order valence-electron chi connectivity index (χ2n) is 5.35. The van der Waals surface area contributed by atoms with Crippen molar-refractivity contribution in [1.29, 1.82) is 0 Å². The number of hydrogen-bond acceptors (Lipinski definition) is 2. The summed E-state index contributed by atoms with van der Waals surface area (Å²) in [5.74, 6) is 0.960. The molecular formula is C17H22N4. The van der Waals surface area contributed by atoms with Gasteiger partial charge in [-0.05, 0) is 28.8 Å². The molecule has 21 heavy (non-hydrogen) atoms. The van der Waals surface area contributed by atoms with Gasteiger partial charge in [0.1, 0.15) is 0 Å². The van der Waals surface area contributed by atoms with Crippen LogP contribution in [0.2, 0.25) is 0 Å². The Morgan fingerprint density at radius 1 is 1.00 bits per heavy atom. The molecule has 0 atom stereocenters. The Morgan fingerprint density at radius 3 is 2.33 bits per heavy atom. The zero-order valence-corrected chi connectivity index (χ0v) is 13.1. The zero-order valence-electron chi connectivity index (χ0n) is 13.1. The van der Waals surface area contributed by atoms with Crippen LogP contribution in [0.25, 0.3) is 11.1 Å². The van der Waals surface area contributed by atoms with Crippen LogP contribution in [0.5, 0.6) is 0 Å². The minimum atomic E-state index is 0.666. The van der Waals surface area contributed by atoms with Crippen LogP contribution < -0.4 is 0 Å². The Labute approximate surface area is 126 Å². The van der Waals surface area contributed by atoms with Gasteiger partial charge in [0, 0.05) is 40.6 Å². The number of pyridine rings is 1. The molecule has 110 valence electrons. The fourth-order valence-corrected chi connectivity index (χ4v) is 2.23. The smallest absolute Gasteiger partial charge is 0.195 e. The van der Waals surface area contributed by atoms with E-state index in [1.807, 2.05) is 50.3 Å². The summed E-state index contributed by atoms with van der Waals surface area (Å²) in [6.07, 6.45) is 3.67. The normalized spacial score (nSPS) is 10.1. The molecule has 0 N–H and O–H groups in total. The number of hydrogen-bond donors (Lipinski definition) is 0. The first-order valence-corrected chi connectivity index (χ1v) is 6.96. The summed E-state index contributed by atoms with van der Waals surface area (Å²) in [4.78, 5) is 12.9. The number of rotatable bonds is 3. The quantitative estimate of drug-likeness (QED) is 0.641. The minimum Gasteiger partial charge on any atom is -0.349 e. The predicted molar refractivity (Wildman–Crippen MR) is 88.2 cm³/mol. The first kappa shape index (κ1) is 15.0. The first-order chi connectivity index (χ1) is 10.1. The molecule has 1 aromatic carbocycles. The zero-order chi connectivity index (χ0) is 15.2. The number of aliphatic imine (C=N–C) groups is 1. The Hall–Kier alpha value is -2.36. The highest BCUT2D eigenvalue weighted by atomic mass is 15.3. The highest BCUT2D eigenvalue weighted by molar-refractivity contribution is 5.79. The third-order valence-corrected chi connectivity index (χ3v) is 3.12. The van der Waals surface area contributed by atoms with Gasteiger partial charge >= 0.3 is 0 Å². The summed E-state index contributed by atoms with van der Waals surface area (Å²) < 4.78 is 0. The molecule has 1 heterocycles. The number of benzene rings is 1. The lowest BCUT2D eigenvalue weighted by molar-refractivity contribution is 0.479. The van der Waals surface area contributed by atoms with Crippen molar-refractivity contribution in [3.63, 3.8) is 0 Å². The molecular weight excluding hydrogens is 260 g/mol. The van der Waals surface area contributed by atoms with Gasteiger partial charge in [-0.25, -0.2) is 4.99 Å². The van der Waals surface area contributed by atoms with E-state index in [4.69, 9.17) is 0 Å². The van der Waals surface area contributed by atoms with Crippen LogP contribution in [0.1, 0.15) is 5.56 Å². The highest BCUT2D eigenvalue weighted by Gasteiger charge is 2.04. The van der Waals surface area contributed by atoms with E-state index in [9.17, 15) is 0 Å². The second-order valence-corrected chi connectivity index (χ2v) is 5.35. The Balaban J connectivity index is 2.21. The van der Waals surface area contributed by atoms with Gasteiger partial charge in [0.05, 0.1) is 6.54 Å². The predicted octanol–water partition coefficient (Wildman–Crippen LogP) is 2.73. The fraction of sp³-hybridized carbons (Fsp3) is 0.294. The van der Waals surface area contributed by atoms with Gasteiger partial charge < -0.3 is 9.80 Å². The van der Waals surface area contributed by atoms with Crippen molar-refractivity contribution in [2.45, 2.75) is 6.54 Å². The van der Waals surface area contributed by atoms with Crippen molar-refractivity contribution in [3.05, 3.63) is 54.4 Å². The third kappa shape index (κ3) is 4.05. The van der Waals surface area contributed by atoms with Gasteiger partial charge in [0.25, 0.3) is 0 Å². The third-order valence-electron chi connectivity index (χ3n) is 3.12. The van der Waals surface area contributed by atoms with Crippen LogP contribution in [-0.2, 0) is 6.54 Å². The highest BCUT2D eigenvalue weighted by Crippen LogP contribution is 2.19. The average Bonchev–Trinajstić information content (AvgIpc) is 2.48. The molecule has 0 saturated carbocycles. The van der Waals surface area contributed by atoms with Crippen LogP contribution in [0.3, 0.4) is 0 Å². The van der Waals surface area contributed by atoms with Crippen molar-refractivity contribution >= 4 is 5.96 Å². The topological polar surface area (TPSA) is 31.7 Å². The molecule has 2 rings (SSSR count). The maximum absolute atomic E-state index is 4.68. The maximum Gasteiger partial charge on any atom is 0.195 e. The molecule has 0 radical (unpaired) electrons. The molecule has 0 amide bonds. The van der Waals surface area contributed by atoms with E-state index >= 15 is 0 Å². The summed E-state index contributed by atoms with van der Waals surface area (Å²) in [7, 11) is 8.02. The van der Waals surface area contributed by atoms with Crippen LogP contribution in [0.15, 0.2) is 53.8 Å². The van der Waals surface area contributed by atoms with Gasteiger partial charge in [-0.2, -0.15) is 0 Å². The minimum absolute atomic E-state index is 0.666. The molecule has 0 fully saturated rings. The average molecular weight is 282 g/mol. The molecule has 0 aliphatic carbocycles. The number of nitrogens with zero attached hydrogens (tertiary/aromatic N) is 4. The van der Waals surface area contributed by atoms with Crippen LogP contribution in [0, 0.1) is 0 Å². The molecule has 4 heteroatoms. The Morgan fingerprint density at radius 2 is 1.71 bits per heavy atom. The monoisotopic (exact) mass is 282 g/mol. The molecule has 0 unspecified atom stereocenters. The van der Waals surface area contributed by atoms with Crippen molar-refractivity contribution in [1.82, 2.24) is 14.8 Å². The van der Waals surface area contributed by atoms with Gasteiger partial charge in [-0.1, -0.05) is 24.3 Å². The molecule has 0 aliphatic rings. The lowest BCUT2D eigenvalue weighted by Gasteiger charge is -2.22. The van der Waals surface area contributed by atoms with Gasteiger partial charge in [-0.3, -0.25) is 4.98 Å². The molecule has 0 spiro atoms. The molecule has 1 aromatic heterocycles. The Bertz CT molecular complexity index is 593. The van der Waals surface area contributed by atoms with E-state index < -0.39 is 0 Å². The van der Waals surface area contributed by atoms with E-state index in [1.165, 1.54) is 11.1 Å². The van der Waals surface area contributed by atoms with Gasteiger partial charge in [0.2, 0.25) is 0 Å². The van der Waals surface area contributed by atoms with E-state index in [2.05, 4.69) is 40.3 Å². The van der Waals surface area contributed by atoms with E-state index in [0.717, 1.165) is 11.5 Å². The Kier molecular flexibility index (Phi) is 4.93. The molecule has 0 bridgehead atoms. The molecule has 0 saturated heterocycles. The summed E-state index contributed by atoms with van der Waals surface area (Å²) in [6, 6.07) is 12.5. The standard InChI is InChI=1S/C17H22N4/c1-20(2)17(21(3)4)19-12-14-7-5-8-15(11-14)16-9-6-10-18-13-16/h5-11,13H,12H2,1-4H3. The lowest BCUT2D eigenvalue weighted by Crippen LogP contribution is -2.35. The molecule has 0 aliphatic heterocycles. The lowest BCUT2D eigenvalue weighted by atomic mass is 10.1. The summed E-state index contributed by atoms with van der Waals surface area (Å²) >= 11 is 0. The number of aromatic nitrogens is 1. The van der Waals surface area contributed by atoms with Crippen molar-refractivity contribution in [3.8, 4) is 11.1 Å². The summed E-state index contributed by atoms with van der Waals surface area (Å²) in [5.41, 5.74) is 3.49. The van der Waals surface area contributed by atoms with Crippen molar-refractivity contribution < 1.29 is 0 Å². The SMILES string of the molecule is CN(C)C(=NCc1cccc(-c2cccnc2)c1)N(C)C. The molecule has 4 nitrogen and oxygen atoms in total. The molecule has 2 aromatic rings. The van der Waals surface area contributed by atoms with Crippen LogP contribution >= 0.6 is 0 Å². The van der Waals surface area contributed by atoms with Gasteiger partial charge in [-0.15, -0.1) is 0 Å². The van der Waals surface area contributed by atoms with Crippen LogP contribution in [0.4, 0.5) is 0 Å². The van der Waals surface area contributed by atoms with Crippen LogP contribution in [-0.4, -0.2) is 48.9 Å². The fourth-order valence-electron chi connectivity index (χ4n) is 2.23. The maximum atomic E-state index is 4.68. The number of guanidine groups is 1. The summed E-state index contributed by atoms with van der Waals surface area (Å²) in [5, 5.41) is 0. The van der Waals surface area contributed by atoms with E-state index in [-0.39, 0.29) is 0 Å². The van der Waals surface area contributed by atoms with E-state index in [1.54, 1.807) is 6.20 Å². The van der Waals surface area contributed by atoms with E-state index in [0.29, 0.717) is 6.54 Å². The van der Waals surface area contributed by atoms with Crippen molar-refractivity contribution in [2.75, 3.05) is 28.2 Å². The van der Waals surface area contributed by atoms with Gasteiger partial charge in [0.15, 0.2) is 5.96 Å². The summed E-state index contributed by atoms with van der Waals surface area (Å²) in [6.45, 7) is 0.666. The second kappa shape index (κ2) is 6.88. The first-order valence-electron chi connectivity index (χ1n) is 6.96. The van der Waals surface area contributed by atoms with Crippen molar-refractivity contribution in [2.24, 2.45) is 4.99 Å².